The van der Waals surface area contributed by atoms with Crippen LogP contribution in [0.25, 0.3) is 11.1 Å². The number of carbonyl (C=O) groups excluding carboxylic acids is 2. The highest BCUT2D eigenvalue weighted by Crippen LogP contribution is 2.35. The molecule has 170 valence electrons. The summed E-state index contributed by atoms with van der Waals surface area (Å²) in [6.45, 7) is 0.546. The lowest BCUT2D eigenvalue weighted by Gasteiger charge is -2.26. The fourth-order valence-electron chi connectivity index (χ4n) is 4.73. The van der Waals surface area contributed by atoms with E-state index < -0.39 is 6.04 Å². The monoisotopic (exact) mass is 474 g/mol. The van der Waals surface area contributed by atoms with Gasteiger partial charge in [-0.3, -0.25) is 9.59 Å². The number of amides is 2. The Hall–Kier alpha value is -2.24. The number of nitrogens with zero attached hydrogens (tertiary/aromatic N) is 1. The molecule has 2 aliphatic rings. The minimum absolute atomic E-state index is 0.0454. The summed E-state index contributed by atoms with van der Waals surface area (Å²) in [5, 5.41) is 14.4. The Morgan fingerprint density at radius 3 is 2.38 bits per heavy atom. The molecule has 1 atom stereocenters. The van der Waals surface area contributed by atoms with Crippen LogP contribution in [0, 0.1) is 0 Å². The number of likely N-dealkylation sites (tertiary alicyclic amines) is 1. The second-order valence-corrected chi connectivity index (χ2v) is 9.53. The molecule has 1 aliphatic heterocycles. The van der Waals surface area contributed by atoms with Gasteiger partial charge >= 0.3 is 0 Å². The van der Waals surface area contributed by atoms with Crippen LogP contribution in [0.3, 0.4) is 0 Å². The smallest absolute Gasteiger partial charge is 0.254 e. The third-order valence-electron chi connectivity index (χ3n) is 6.49. The second-order valence-electron chi connectivity index (χ2n) is 8.71. The minimum atomic E-state index is -0.451. The number of aromatic hydroxyl groups is 1. The molecule has 32 heavy (non-hydrogen) atoms. The molecule has 5 nitrogen and oxygen atoms in total. The normalized spacial score (nSPS) is 19.6. The van der Waals surface area contributed by atoms with E-state index in [0.717, 1.165) is 32.1 Å². The number of hydrogen-bond donors (Lipinski definition) is 2. The van der Waals surface area contributed by atoms with Gasteiger partial charge in [0.1, 0.15) is 11.8 Å². The molecular formula is C25H28Cl2N2O3. The third-order valence-corrected chi connectivity index (χ3v) is 7.23. The van der Waals surface area contributed by atoms with Crippen molar-refractivity contribution in [3.05, 3.63) is 52.0 Å². The Labute approximate surface area is 198 Å². The van der Waals surface area contributed by atoms with Gasteiger partial charge in [-0.05, 0) is 61.6 Å². The fourth-order valence-corrected chi connectivity index (χ4v) is 5.03. The Morgan fingerprint density at radius 2 is 1.66 bits per heavy atom. The maximum atomic E-state index is 13.3. The van der Waals surface area contributed by atoms with Crippen LogP contribution >= 0.6 is 23.2 Å². The number of phenolic OH excluding ortho intramolecular Hbond substituents is 1. The molecule has 2 aromatic carbocycles. The summed E-state index contributed by atoms with van der Waals surface area (Å²) >= 11 is 12.1. The quantitative estimate of drug-likeness (QED) is 0.549. The van der Waals surface area contributed by atoms with Gasteiger partial charge in [0, 0.05) is 23.7 Å². The zero-order valence-electron chi connectivity index (χ0n) is 17.9. The summed E-state index contributed by atoms with van der Waals surface area (Å²) in [5.74, 6) is -0.208. The van der Waals surface area contributed by atoms with Crippen molar-refractivity contribution in [3.63, 3.8) is 0 Å². The van der Waals surface area contributed by atoms with E-state index in [9.17, 15) is 14.7 Å². The van der Waals surface area contributed by atoms with Crippen molar-refractivity contribution in [2.75, 3.05) is 6.54 Å². The van der Waals surface area contributed by atoms with Crippen molar-refractivity contribution in [3.8, 4) is 16.9 Å². The number of nitrogens with one attached hydrogen (secondary N) is 1. The molecule has 7 heteroatoms. The van der Waals surface area contributed by atoms with E-state index in [0.29, 0.717) is 39.7 Å². The second kappa shape index (κ2) is 10.1. The molecule has 2 fully saturated rings. The van der Waals surface area contributed by atoms with Gasteiger partial charge in [0.05, 0.1) is 10.0 Å². The number of hydrogen-bond acceptors (Lipinski definition) is 3. The maximum absolute atomic E-state index is 13.3. The van der Waals surface area contributed by atoms with Gasteiger partial charge in [0.15, 0.2) is 0 Å². The number of halogens is 2. The first-order valence-corrected chi connectivity index (χ1v) is 12.1. The van der Waals surface area contributed by atoms with Crippen molar-refractivity contribution in [2.45, 2.75) is 63.5 Å². The first kappa shape index (κ1) is 22.9. The molecule has 0 bridgehead atoms. The molecule has 2 N–H and O–H groups in total. The van der Waals surface area contributed by atoms with Crippen LogP contribution in [0.2, 0.25) is 10.0 Å². The van der Waals surface area contributed by atoms with Crippen molar-refractivity contribution in [1.29, 1.82) is 0 Å². The van der Waals surface area contributed by atoms with E-state index in [1.54, 1.807) is 35.2 Å². The van der Waals surface area contributed by atoms with Crippen LogP contribution in [0.4, 0.5) is 0 Å². The average Bonchev–Trinajstić information content (AvgIpc) is 3.14. The van der Waals surface area contributed by atoms with Gasteiger partial charge < -0.3 is 15.3 Å². The predicted octanol–water partition coefficient (Wildman–Crippen LogP) is 5.81. The van der Waals surface area contributed by atoms with Crippen molar-refractivity contribution < 1.29 is 14.7 Å². The molecule has 0 unspecified atom stereocenters. The molecule has 0 aromatic heterocycles. The molecule has 2 aromatic rings. The SMILES string of the molecule is O=C(NC1CCCCCC1)[C@@H]1CCCN1C(=O)c1ccc(O)c(-c2ccc(Cl)c(Cl)c2)c1. The number of rotatable bonds is 4. The van der Waals surface area contributed by atoms with Crippen molar-refractivity contribution in [1.82, 2.24) is 10.2 Å². The van der Waals surface area contributed by atoms with Gasteiger partial charge in [0.2, 0.25) is 5.91 Å². The van der Waals surface area contributed by atoms with E-state index >= 15 is 0 Å². The lowest BCUT2D eigenvalue weighted by Crippen LogP contribution is -2.48. The molecule has 1 saturated heterocycles. The Balaban J connectivity index is 1.52. The topological polar surface area (TPSA) is 69.6 Å². The Morgan fingerprint density at radius 1 is 0.906 bits per heavy atom. The average molecular weight is 475 g/mol. The highest BCUT2D eigenvalue weighted by atomic mass is 35.5. The molecule has 0 radical (unpaired) electrons. The Kier molecular flexibility index (Phi) is 7.27. The summed E-state index contributed by atoms with van der Waals surface area (Å²) in [6.07, 6.45) is 8.22. The minimum Gasteiger partial charge on any atom is -0.507 e. The van der Waals surface area contributed by atoms with Crippen LogP contribution in [-0.2, 0) is 4.79 Å². The van der Waals surface area contributed by atoms with E-state index in [1.807, 2.05) is 0 Å². The predicted molar refractivity (Wildman–Crippen MR) is 127 cm³/mol. The maximum Gasteiger partial charge on any atom is 0.254 e. The lowest BCUT2D eigenvalue weighted by molar-refractivity contribution is -0.125. The van der Waals surface area contributed by atoms with E-state index in [4.69, 9.17) is 23.2 Å². The number of benzene rings is 2. The van der Waals surface area contributed by atoms with Gasteiger partial charge in [-0.25, -0.2) is 0 Å². The number of carbonyl (C=O) groups is 2. The van der Waals surface area contributed by atoms with E-state index in [1.165, 1.54) is 18.9 Å². The summed E-state index contributed by atoms with van der Waals surface area (Å²) in [5.41, 5.74) is 1.58. The molecule has 1 aliphatic carbocycles. The largest absolute Gasteiger partial charge is 0.507 e. The van der Waals surface area contributed by atoms with Crippen molar-refractivity contribution in [2.24, 2.45) is 0 Å². The molecule has 2 amide bonds. The van der Waals surface area contributed by atoms with Gasteiger partial charge in [-0.15, -0.1) is 0 Å². The lowest BCUT2D eigenvalue weighted by atomic mass is 10.0. The van der Waals surface area contributed by atoms with Crippen molar-refractivity contribution >= 4 is 35.0 Å². The van der Waals surface area contributed by atoms with Gasteiger partial charge in [0.25, 0.3) is 5.91 Å². The molecular weight excluding hydrogens is 447 g/mol. The van der Waals surface area contributed by atoms with E-state index in [-0.39, 0.29) is 23.6 Å². The van der Waals surface area contributed by atoms with Crippen LogP contribution in [0.1, 0.15) is 61.7 Å². The summed E-state index contributed by atoms with van der Waals surface area (Å²) < 4.78 is 0. The zero-order valence-corrected chi connectivity index (χ0v) is 19.5. The summed E-state index contributed by atoms with van der Waals surface area (Å²) in [4.78, 5) is 28.0. The molecule has 1 heterocycles. The fraction of sp³-hybridized carbons (Fsp3) is 0.440. The van der Waals surface area contributed by atoms with Crippen LogP contribution in [-0.4, -0.2) is 40.4 Å². The highest BCUT2D eigenvalue weighted by Gasteiger charge is 2.35. The number of phenols is 1. The first-order valence-electron chi connectivity index (χ1n) is 11.3. The summed E-state index contributed by atoms with van der Waals surface area (Å²) in [7, 11) is 0. The molecule has 1 saturated carbocycles. The van der Waals surface area contributed by atoms with Gasteiger partial charge in [-0.1, -0.05) is 55.0 Å². The standard InChI is InChI=1S/C25H28Cl2N2O3/c26-20-11-9-16(15-21(20)27)19-14-17(10-12-23(19)30)25(32)29-13-5-8-22(29)24(31)28-18-6-3-1-2-4-7-18/h9-12,14-15,18,22,30H,1-8,13H2,(H,28,31)/t22-/m0/s1. The third kappa shape index (κ3) is 5.05. The van der Waals surface area contributed by atoms with Crippen LogP contribution < -0.4 is 5.32 Å². The summed E-state index contributed by atoms with van der Waals surface area (Å²) in [6, 6.07) is 9.56. The highest BCUT2D eigenvalue weighted by molar-refractivity contribution is 6.42. The Bertz CT molecular complexity index is 1000. The first-order chi connectivity index (χ1) is 15.4. The van der Waals surface area contributed by atoms with Crippen LogP contribution in [0.15, 0.2) is 36.4 Å². The van der Waals surface area contributed by atoms with E-state index in [2.05, 4.69) is 5.32 Å². The molecule has 0 spiro atoms. The van der Waals surface area contributed by atoms with Crippen LogP contribution in [0.5, 0.6) is 5.75 Å². The molecule has 4 rings (SSSR count). The zero-order chi connectivity index (χ0) is 22.7. The van der Waals surface area contributed by atoms with Gasteiger partial charge in [-0.2, -0.15) is 0 Å².